The van der Waals surface area contributed by atoms with E-state index in [4.69, 9.17) is 4.74 Å². The van der Waals surface area contributed by atoms with E-state index in [1.165, 1.54) is 7.11 Å². The first kappa shape index (κ1) is 13.3. The van der Waals surface area contributed by atoms with E-state index in [2.05, 4.69) is 22.5 Å². The highest BCUT2D eigenvalue weighted by molar-refractivity contribution is 5.90. The SMILES string of the molecule is CCCC(C)NC(=O)Nc1cccnc1OC. The van der Waals surface area contributed by atoms with E-state index in [1.54, 1.807) is 18.3 Å². The molecule has 0 bridgehead atoms. The van der Waals surface area contributed by atoms with E-state index >= 15 is 0 Å². The van der Waals surface area contributed by atoms with Crippen molar-refractivity contribution in [1.29, 1.82) is 0 Å². The van der Waals surface area contributed by atoms with Gasteiger partial charge in [-0.05, 0) is 25.5 Å². The maximum Gasteiger partial charge on any atom is 0.319 e. The van der Waals surface area contributed by atoms with Gasteiger partial charge in [-0.1, -0.05) is 13.3 Å². The van der Waals surface area contributed by atoms with E-state index < -0.39 is 0 Å². The number of aromatic nitrogens is 1. The molecule has 1 rings (SSSR count). The van der Waals surface area contributed by atoms with Gasteiger partial charge in [0.2, 0.25) is 5.88 Å². The average Bonchev–Trinajstić information content (AvgIpc) is 2.29. The van der Waals surface area contributed by atoms with Crippen molar-refractivity contribution in [2.75, 3.05) is 12.4 Å². The molecule has 5 heteroatoms. The summed E-state index contributed by atoms with van der Waals surface area (Å²) in [5.41, 5.74) is 0.566. The zero-order valence-corrected chi connectivity index (χ0v) is 10.5. The fourth-order valence-corrected chi connectivity index (χ4v) is 1.54. The molecule has 0 aliphatic rings. The van der Waals surface area contributed by atoms with Crippen LogP contribution in [0.2, 0.25) is 0 Å². The van der Waals surface area contributed by atoms with Crippen molar-refractivity contribution in [1.82, 2.24) is 10.3 Å². The van der Waals surface area contributed by atoms with Crippen molar-refractivity contribution in [2.24, 2.45) is 0 Å². The summed E-state index contributed by atoms with van der Waals surface area (Å²) in [7, 11) is 1.52. The maximum absolute atomic E-state index is 11.7. The van der Waals surface area contributed by atoms with Crippen molar-refractivity contribution in [3.8, 4) is 5.88 Å². The normalized spacial score (nSPS) is 11.7. The molecule has 0 saturated heterocycles. The van der Waals surface area contributed by atoms with E-state index in [-0.39, 0.29) is 12.1 Å². The number of hydrogen-bond acceptors (Lipinski definition) is 3. The number of hydrogen-bond donors (Lipinski definition) is 2. The smallest absolute Gasteiger partial charge is 0.319 e. The summed E-state index contributed by atoms with van der Waals surface area (Å²) in [5.74, 6) is 0.408. The summed E-state index contributed by atoms with van der Waals surface area (Å²) in [5, 5.41) is 5.56. The van der Waals surface area contributed by atoms with Gasteiger partial charge >= 0.3 is 6.03 Å². The van der Waals surface area contributed by atoms with Crippen molar-refractivity contribution < 1.29 is 9.53 Å². The van der Waals surface area contributed by atoms with E-state index in [0.717, 1.165) is 12.8 Å². The topological polar surface area (TPSA) is 63.2 Å². The second-order valence-corrected chi connectivity index (χ2v) is 3.85. The Balaban J connectivity index is 2.55. The van der Waals surface area contributed by atoms with Gasteiger partial charge in [-0.3, -0.25) is 0 Å². The zero-order valence-electron chi connectivity index (χ0n) is 10.5. The molecule has 1 atom stereocenters. The monoisotopic (exact) mass is 237 g/mol. The van der Waals surface area contributed by atoms with Crippen LogP contribution in [0.25, 0.3) is 0 Å². The minimum absolute atomic E-state index is 0.155. The highest BCUT2D eigenvalue weighted by Gasteiger charge is 2.09. The standard InChI is InChI=1S/C12H19N3O2/c1-4-6-9(2)14-12(16)15-10-7-5-8-13-11(10)17-3/h5,7-9H,4,6H2,1-3H3,(H2,14,15,16). The van der Waals surface area contributed by atoms with Crippen LogP contribution in [-0.2, 0) is 0 Å². The minimum atomic E-state index is -0.239. The molecule has 0 radical (unpaired) electrons. The fourth-order valence-electron chi connectivity index (χ4n) is 1.54. The van der Waals surface area contributed by atoms with Gasteiger partial charge in [-0.2, -0.15) is 0 Å². The number of nitrogens with one attached hydrogen (secondary N) is 2. The summed E-state index contributed by atoms with van der Waals surface area (Å²) < 4.78 is 5.05. The van der Waals surface area contributed by atoms with Gasteiger partial charge in [-0.25, -0.2) is 9.78 Å². The van der Waals surface area contributed by atoms with Crippen LogP contribution in [0.15, 0.2) is 18.3 Å². The molecule has 0 saturated carbocycles. The third-order valence-electron chi connectivity index (χ3n) is 2.31. The number of amides is 2. The van der Waals surface area contributed by atoms with E-state index in [9.17, 15) is 4.79 Å². The molecule has 0 aromatic carbocycles. The molecule has 1 heterocycles. The molecule has 94 valence electrons. The molecule has 2 amide bonds. The Morgan fingerprint density at radius 1 is 1.59 bits per heavy atom. The second-order valence-electron chi connectivity index (χ2n) is 3.85. The number of carbonyl (C=O) groups is 1. The van der Waals surface area contributed by atoms with Gasteiger partial charge in [-0.15, -0.1) is 0 Å². The largest absolute Gasteiger partial charge is 0.480 e. The van der Waals surface area contributed by atoms with Crippen molar-refractivity contribution in [2.45, 2.75) is 32.7 Å². The van der Waals surface area contributed by atoms with E-state index in [0.29, 0.717) is 11.6 Å². The van der Waals surface area contributed by atoms with Crippen LogP contribution in [0.3, 0.4) is 0 Å². The number of ether oxygens (including phenoxy) is 1. The first-order chi connectivity index (χ1) is 8.17. The highest BCUT2D eigenvalue weighted by atomic mass is 16.5. The molecule has 1 aromatic rings. The molecule has 2 N–H and O–H groups in total. The van der Waals surface area contributed by atoms with Gasteiger partial charge in [0.25, 0.3) is 0 Å². The number of anilines is 1. The Kier molecular flexibility index (Phi) is 5.26. The van der Waals surface area contributed by atoms with Gasteiger partial charge in [0.15, 0.2) is 0 Å². The summed E-state index contributed by atoms with van der Waals surface area (Å²) in [6.07, 6.45) is 3.61. The number of urea groups is 1. The Bertz CT molecular complexity index is 369. The first-order valence-electron chi connectivity index (χ1n) is 5.74. The summed E-state index contributed by atoms with van der Waals surface area (Å²) >= 11 is 0. The molecule has 1 aromatic heterocycles. The summed E-state index contributed by atoms with van der Waals surface area (Å²) in [6, 6.07) is 3.41. The molecule has 0 aliphatic heterocycles. The Morgan fingerprint density at radius 3 is 3.00 bits per heavy atom. The Morgan fingerprint density at radius 2 is 2.35 bits per heavy atom. The first-order valence-corrected chi connectivity index (χ1v) is 5.74. The number of methoxy groups -OCH3 is 1. The molecule has 0 spiro atoms. The Labute approximate surface area is 102 Å². The third kappa shape index (κ3) is 4.30. The maximum atomic E-state index is 11.7. The minimum Gasteiger partial charge on any atom is -0.480 e. The van der Waals surface area contributed by atoms with Crippen LogP contribution >= 0.6 is 0 Å². The van der Waals surface area contributed by atoms with Crippen molar-refractivity contribution in [3.05, 3.63) is 18.3 Å². The lowest BCUT2D eigenvalue weighted by Gasteiger charge is -2.14. The zero-order chi connectivity index (χ0) is 12.7. The lowest BCUT2D eigenvalue weighted by molar-refractivity contribution is 0.248. The van der Waals surface area contributed by atoms with Crippen molar-refractivity contribution in [3.63, 3.8) is 0 Å². The molecular weight excluding hydrogens is 218 g/mol. The summed E-state index contributed by atoms with van der Waals surface area (Å²) in [4.78, 5) is 15.7. The lowest BCUT2D eigenvalue weighted by atomic mass is 10.2. The van der Waals surface area contributed by atoms with Crippen LogP contribution in [0.4, 0.5) is 10.5 Å². The number of pyridine rings is 1. The molecule has 0 fully saturated rings. The molecule has 0 aliphatic carbocycles. The molecular formula is C12H19N3O2. The second kappa shape index (κ2) is 6.73. The average molecular weight is 237 g/mol. The van der Waals surface area contributed by atoms with Gasteiger partial charge < -0.3 is 15.4 Å². The predicted octanol–water partition coefficient (Wildman–Crippen LogP) is 2.40. The quantitative estimate of drug-likeness (QED) is 0.826. The van der Waals surface area contributed by atoms with Crippen LogP contribution < -0.4 is 15.4 Å². The number of nitrogens with zero attached hydrogens (tertiary/aromatic N) is 1. The molecule has 17 heavy (non-hydrogen) atoms. The summed E-state index contributed by atoms with van der Waals surface area (Å²) in [6.45, 7) is 4.06. The third-order valence-corrected chi connectivity index (χ3v) is 2.31. The van der Waals surface area contributed by atoms with Gasteiger partial charge in [0.1, 0.15) is 5.69 Å². The number of carbonyl (C=O) groups excluding carboxylic acids is 1. The fraction of sp³-hybridized carbons (Fsp3) is 0.500. The van der Waals surface area contributed by atoms with Gasteiger partial charge in [0.05, 0.1) is 7.11 Å². The van der Waals surface area contributed by atoms with Crippen LogP contribution in [0.5, 0.6) is 5.88 Å². The van der Waals surface area contributed by atoms with Crippen LogP contribution in [-0.4, -0.2) is 24.2 Å². The highest BCUT2D eigenvalue weighted by Crippen LogP contribution is 2.19. The molecule has 1 unspecified atom stereocenters. The molecule has 5 nitrogen and oxygen atoms in total. The Hall–Kier alpha value is -1.78. The lowest BCUT2D eigenvalue weighted by Crippen LogP contribution is -2.36. The van der Waals surface area contributed by atoms with Crippen molar-refractivity contribution >= 4 is 11.7 Å². The predicted molar refractivity (Wildman–Crippen MR) is 67.3 cm³/mol. The van der Waals surface area contributed by atoms with Crippen LogP contribution in [0, 0.1) is 0 Å². The van der Waals surface area contributed by atoms with E-state index in [1.807, 2.05) is 6.92 Å². The van der Waals surface area contributed by atoms with Gasteiger partial charge in [0, 0.05) is 12.2 Å². The van der Waals surface area contributed by atoms with Crippen LogP contribution in [0.1, 0.15) is 26.7 Å². The number of rotatable bonds is 5.